The summed E-state index contributed by atoms with van der Waals surface area (Å²) in [6, 6.07) is 8.54. The monoisotopic (exact) mass is 346 g/mol. The summed E-state index contributed by atoms with van der Waals surface area (Å²) in [5, 5.41) is 11.6. The van der Waals surface area contributed by atoms with Gasteiger partial charge in [0.1, 0.15) is 11.4 Å². The minimum atomic E-state index is -0.757. The molecule has 2 aromatic rings. The molecule has 1 aromatic carbocycles. The SMILES string of the molecule is CCOC(=O)Cc1c(C(=O)OCC)[nH]c(-c2ccccc2)c1[N+](=O)[O-]. The minimum absolute atomic E-state index is 0.0410. The van der Waals surface area contributed by atoms with Gasteiger partial charge in [-0.05, 0) is 13.8 Å². The normalized spacial score (nSPS) is 10.3. The van der Waals surface area contributed by atoms with Crippen LogP contribution in [-0.2, 0) is 20.7 Å². The molecule has 0 amide bonds. The van der Waals surface area contributed by atoms with Gasteiger partial charge in [-0.2, -0.15) is 0 Å². The highest BCUT2D eigenvalue weighted by molar-refractivity contribution is 5.95. The lowest BCUT2D eigenvalue weighted by Crippen LogP contribution is -2.13. The number of esters is 2. The summed E-state index contributed by atoms with van der Waals surface area (Å²) in [4.78, 5) is 37.8. The van der Waals surface area contributed by atoms with Gasteiger partial charge in [0.05, 0.1) is 30.1 Å². The summed E-state index contributed by atoms with van der Waals surface area (Å²) >= 11 is 0. The molecule has 0 radical (unpaired) electrons. The van der Waals surface area contributed by atoms with Crippen molar-refractivity contribution in [1.29, 1.82) is 0 Å². The lowest BCUT2D eigenvalue weighted by Gasteiger charge is -2.04. The maximum Gasteiger partial charge on any atom is 0.355 e. The van der Waals surface area contributed by atoms with Gasteiger partial charge >= 0.3 is 11.9 Å². The van der Waals surface area contributed by atoms with E-state index in [9.17, 15) is 19.7 Å². The van der Waals surface area contributed by atoms with E-state index in [4.69, 9.17) is 9.47 Å². The Morgan fingerprint density at radius 3 is 2.32 bits per heavy atom. The van der Waals surface area contributed by atoms with Gasteiger partial charge < -0.3 is 14.5 Å². The van der Waals surface area contributed by atoms with Crippen molar-refractivity contribution in [3.63, 3.8) is 0 Å². The van der Waals surface area contributed by atoms with Crippen molar-refractivity contribution in [1.82, 2.24) is 4.98 Å². The first-order chi connectivity index (χ1) is 12.0. The third-order valence-electron chi connectivity index (χ3n) is 3.43. The molecule has 0 atom stereocenters. The maximum absolute atomic E-state index is 12.2. The van der Waals surface area contributed by atoms with Crippen LogP contribution in [0.25, 0.3) is 11.3 Å². The van der Waals surface area contributed by atoms with Crippen molar-refractivity contribution in [2.75, 3.05) is 13.2 Å². The second kappa shape index (κ2) is 8.09. The van der Waals surface area contributed by atoms with Crippen LogP contribution in [0, 0.1) is 10.1 Å². The number of aromatic nitrogens is 1. The second-order valence-electron chi connectivity index (χ2n) is 5.03. The fraction of sp³-hybridized carbons (Fsp3) is 0.294. The molecule has 1 N–H and O–H groups in total. The highest BCUT2D eigenvalue weighted by Gasteiger charge is 2.32. The molecule has 0 saturated heterocycles. The topological polar surface area (TPSA) is 112 Å². The zero-order valence-corrected chi connectivity index (χ0v) is 13.9. The van der Waals surface area contributed by atoms with Gasteiger partial charge in [-0.3, -0.25) is 14.9 Å². The Morgan fingerprint density at radius 2 is 1.76 bits per heavy atom. The number of nitrogens with one attached hydrogen (secondary N) is 1. The van der Waals surface area contributed by atoms with Crippen LogP contribution < -0.4 is 0 Å². The fourth-order valence-electron chi connectivity index (χ4n) is 2.45. The molecule has 0 aliphatic carbocycles. The highest BCUT2D eigenvalue weighted by atomic mass is 16.6. The molecular formula is C17H18N2O6. The van der Waals surface area contributed by atoms with E-state index in [-0.39, 0.29) is 35.9 Å². The number of nitrogens with zero attached hydrogens (tertiary/aromatic N) is 1. The van der Waals surface area contributed by atoms with Crippen molar-refractivity contribution in [2.24, 2.45) is 0 Å². The summed E-state index contributed by atoms with van der Waals surface area (Å²) in [6.07, 6.45) is -0.401. The number of H-pyrrole nitrogens is 1. The van der Waals surface area contributed by atoms with E-state index < -0.39 is 23.3 Å². The number of carbonyl (C=O) groups excluding carboxylic acids is 2. The molecule has 8 heteroatoms. The third-order valence-corrected chi connectivity index (χ3v) is 3.43. The predicted octanol–water partition coefficient (Wildman–Crippen LogP) is 2.87. The van der Waals surface area contributed by atoms with Crippen molar-refractivity contribution in [3.8, 4) is 11.3 Å². The van der Waals surface area contributed by atoms with Crippen LogP contribution in [0.1, 0.15) is 29.9 Å². The van der Waals surface area contributed by atoms with Crippen molar-refractivity contribution in [3.05, 3.63) is 51.7 Å². The molecule has 0 saturated carbocycles. The molecule has 8 nitrogen and oxygen atoms in total. The van der Waals surface area contributed by atoms with E-state index in [0.717, 1.165) is 0 Å². The maximum atomic E-state index is 12.2. The molecule has 0 fully saturated rings. The molecule has 25 heavy (non-hydrogen) atoms. The standard InChI is InChI=1S/C17H18N2O6/c1-3-24-13(20)10-12-15(17(21)25-4-2)18-14(16(12)19(22)23)11-8-6-5-7-9-11/h5-9,18H,3-4,10H2,1-2H3. The first-order valence-corrected chi connectivity index (χ1v) is 7.76. The molecule has 0 unspecified atom stereocenters. The average molecular weight is 346 g/mol. The van der Waals surface area contributed by atoms with E-state index in [0.29, 0.717) is 5.56 Å². The summed E-state index contributed by atoms with van der Waals surface area (Å²) < 4.78 is 9.81. The lowest BCUT2D eigenvalue weighted by atomic mass is 10.1. The predicted molar refractivity (Wildman–Crippen MR) is 89.2 cm³/mol. The van der Waals surface area contributed by atoms with Crippen LogP contribution in [0.15, 0.2) is 30.3 Å². The fourth-order valence-corrected chi connectivity index (χ4v) is 2.45. The van der Waals surface area contributed by atoms with Gasteiger partial charge in [-0.25, -0.2) is 4.79 Å². The van der Waals surface area contributed by atoms with Crippen molar-refractivity contribution in [2.45, 2.75) is 20.3 Å². The molecule has 1 heterocycles. The van der Waals surface area contributed by atoms with E-state index in [1.165, 1.54) is 0 Å². The van der Waals surface area contributed by atoms with Crippen molar-refractivity contribution >= 4 is 17.6 Å². The van der Waals surface area contributed by atoms with Gasteiger partial charge in [0.2, 0.25) is 0 Å². The summed E-state index contributed by atoms with van der Waals surface area (Å²) in [5.41, 5.74) is 0.186. The Labute approximate surface area is 143 Å². The van der Waals surface area contributed by atoms with E-state index in [2.05, 4.69) is 4.98 Å². The van der Waals surface area contributed by atoms with Gasteiger partial charge in [-0.15, -0.1) is 0 Å². The Bertz CT molecular complexity index is 782. The van der Waals surface area contributed by atoms with Crippen LogP contribution in [-0.4, -0.2) is 35.1 Å². The zero-order chi connectivity index (χ0) is 18.4. The van der Waals surface area contributed by atoms with Crippen molar-refractivity contribution < 1.29 is 24.0 Å². The number of benzene rings is 1. The summed E-state index contributed by atoms with van der Waals surface area (Å²) in [5.74, 6) is -1.41. The van der Waals surface area contributed by atoms with Gasteiger partial charge in [0, 0.05) is 5.56 Å². The molecule has 0 bridgehead atoms. The molecule has 0 spiro atoms. The molecule has 132 valence electrons. The number of ether oxygens (including phenoxy) is 2. The highest BCUT2D eigenvalue weighted by Crippen LogP contribution is 2.35. The van der Waals surface area contributed by atoms with E-state index in [1.54, 1.807) is 44.2 Å². The van der Waals surface area contributed by atoms with Crippen LogP contribution in [0.3, 0.4) is 0 Å². The second-order valence-corrected chi connectivity index (χ2v) is 5.03. The number of rotatable bonds is 7. The van der Waals surface area contributed by atoms with Crippen LogP contribution in [0.2, 0.25) is 0 Å². The Hall–Kier alpha value is -3.16. The molecule has 0 aliphatic rings. The molecular weight excluding hydrogens is 328 g/mol. The Morgan fingerprint density at radius 1 is 1.12 bits per heavy atom. The minimum Gasteiger partial charge on any atom is -0.466 e. The number of hydrogen-bond donors (Lipinski definition) is 1. The number of carbonyl (C=O) groups is 2. The quantitative estimate of drug-likeness (QED) is 0.469. The number of hydrogen-bond acceptors (Lipinski definition) is 6. The third kappa shape index (κ3) is 4.03. The zero-order valence-electron chi connectivity index (χ0n) is 13.9. The summed E-state index contributed by atoms with van der Waals surface area (Å²) in [6.45, 7) is 3.49. The van der Waals surface area contributed by atoms with Gasteiger partial charge in [0.25, 0.3) is 5.69 Å². The van der Waals surface area contributed by atoms with Crippen LogP contribution >= 0.6 is 0 Å². The van der Waals surface area contributed by atoms with E-state index in [1.807, 2.05) is 0 Å². The van der Waals surface area contributed by atoms with E-state index >= 15 is 0 Å². The largest absolute Gasteiger partial charge is 0.466 e. The first kappa shape index (κ1) is 18.2. The number of aromatic amines is 1. The van der Waals surface area contributed by atoms with Gasteiger partial charge in [-0.1, -0.05) is 30.3 Å². The average Bonchev–Trinajstić information content (AvgIpc) is 2.95. The van der Waals surface area contributed by atoms with Crippen LogP contribution in [0.5, 0.6) is 0 Å². The first-order valence-electron chi connectivity index (χ1n) is 7.76. The Kier molecular flexibility index (Phi) is 5.89. The van der Waals surface area contributed by atoms with Crippen LogP contribution in [0.4, 0.5) is 5.69 Å². The molecule has 1 aromatic heterocycles. The Balaban J connectivity index is 2.63. The lowest BCUT2D eigenvalue weighted by molar-refractivity contribution is -0.384. The number of nitro groups is 1. The molecule has 2 rings (SSSR count). The smallest absolute Gasteiger partial charge is 0.355 e. The van der Waals surface area contributed by atoms with Gasteiger partial charge in [0.15, 0.2) is 0 Å². The summed E-state index contributed by atoms with van der Waals surface area (Å²) in [7, 11) is 0. The molecule has 0 aliphatic heterocycles.